The van der Waals surface area contributed by atoms with Crippen LogP contribution in [0.15, 0.2) is 12.1 Å². The van der Waals surface area contributed by atoms with Gasteiger partial charge in [0.2, 0.25) is 5.91 Å². The van der Waals surface area contributed by atoms with Crippen LogP contribution in [0.5, 0.6) is 0 Å². The minimum Gasteiger partial charge on any atom is -0.322 e. The van der Waals surface area contributed by atoms with Crippen molar-refractivity contribution >= 4 is 34.8 Å². The van der Waals surface area contributed by atoms with E-state index in [0.29, 0.717) is 0 Å². The zero-order chi connectivity index (χ0) is 13.9. The smallest absolute Gasteiger partial charge is 0.241 e. The largest absolute Gasteiger partial charge is 0.322 e. The second kappa shape index (κ2) is 6.36. The summed E-state index contributed by atoms with van der Waals surface area (Å²) in [4.78, 5) is 11.9. The fourth-order valence-corrected chi connectivity index (χ4v) is 1.94. The Balaban J connectivity index is 2.89. The maximum atomic E-state index is 13.0. The molecule has 100 valence electrons. The van der Waals surface area contributed by atoms with Crippen LogP contribution in [0.1, 0.15) is 20.3 Å². The summed E-state index contributed by atoms with van der Waals surface area (Å²) in [5, 5.41) is 2.62. The molecule has 0 saturated carbocycles. The second-order valence-corrected chi connectivity index (χ2v) is 4.96. The maximum Gasteiger partial charge on any atom is 0.241 e. The van der Waals surface area contributed by atoms with Crippen molar-refractivity contribution < 1.29 is 9.18 Å². The molecule has 18 heavy (non-hydrogen) atoms. The van der Waals surface area contributed by atoms with Crippen molar-refractivity contribution in [1.82, 2.24) is 0 Å². The van der Waals surface area contributed by atoms with Crippen LogP contribution >= 0.6 is 23.2 Å². The van der Waals surface area contributed by atoms with Crippen LogP contribution in [-0.4, -0.2) is 11.9 Å². The minimum atomic E-state index is -0.660. The fourth-order valence-electron chi connectivity index (χ4n) is 1.38. The molecule has 0 aliphatic rings. The van der Waals surface area contributed by atoms with Gasteiger partial charge in [-0.3, -0.25) is 4.79 Å². The Morgan fingerprint density at radius 3 is 2.39 bits per heavy atom. The van der Waals surface area contributed by atoms with E-state index in [1.54, 1.807) is 0 Å². The van der Waals surface area contributed by atoms with Gasteiger partial charge in [-0.25, -0.2) is 4.39 Å². The van der Waals surface area contributed by atoms with Crippen molar-refractivity contribution in [3.8, 4) is 0 Å². The fraction of sp³-hybridized carbons (Fsp3) is 0.417. The molecule has 0 spiro atoms. The lowest BCUT2D eigenvalue weighted by atomic mass is 9.99. The molecule has 0 heterocycles. The molecule has 1 aromatic carbocycles. The van der Waals surface area contributed by atoms with Gasteiger partial charge >= 0.3 is 0 Å². The molecular weight excluding hydrogens is 278 g/mol. The van der Waals surface area contributed by atoms with E-state index in [9.17, 15) is 9.18 Å². The van der Waals surface area contributed by atoms with Gasteiger partial charge in [-0.15, -0.1) is 0 Å². The summed E-state index contributed by atoms with van der Waals surface area (Å²) >= 11 is 11.6. The van der Waals surface area contributed by atoms with Gasteiger partial charge in [0.15, 0.2) is 0 Å². The molecule has 1 unspecified atom stereocenters. The van der Waals surface area contributed by atoms with E-state index in [0.717, 1.165) is 18.6 Å². The number of benzene rings is 1. The average Bonchev–Trinajstić information content (AvgIpc) is 2.31. The summed E-state index contributed by atoms with van der Waals surface area (Å²) in [6.45, 7) is 3.81. The molecule has 3 N–H and O–H groups in total. The zero-order valence-corrected chi connectivity index (χ0v) is 11.6. The number of amides is 1. The van der Waals surface area contributed by atoms with Crippen molar-refractivity contribution in [2.24, 2.45) is 11.7 Å². The maximum absolute atomic E-state index is 13.0. The third kappa shape index (κ3) is 3.57. The molecular formula is C12H15Cl2FN2O. The Bertz CT molecular complexity index is 431. The molecule has 0 aliphatic carbocycles. The van der Waals surface area contributed by atoms with E-state index in [1.807, 2.05) is 13.8 Å². The highest BCUT2D eigenvalue weighted by atomic mass is 35.5. The summed E-state index contributed by atoms with van der Waals surface area (Å²) in [5.41, 5.74) is 5.96. The summed E-state index contributed by atoms with van der Waals surface area (Å²) in [6.07, 6.45) is 0.777. The highest BCUT2D eigenvalue weighted by molar-refractivity contribution is 6.39. The second-order valence-electron chi connectivity index (χ2n) is 4.15. The van der Waals surface area contributed by atoms with Crippen molar-refractivity contribution in [2.75, 3.05) is 5.32 Å². The first kappa shape index (κ1) is 15.2. The normalized spacial score (nSPS) is 14.1. The number of halogens is 3. The Morgan fingerprint density at radius 1 is 1.44 bits per heavy atom. The summed E-state index contributed by atoms with van der Waals surface area (Å²) in [6, 6.07) is 1.50. The van der Waals surface area contributed by atoms with Crippen LogP contribution in [0.4, 0.5) is 10.1 Å². The highest BCUT2D eigenvalue weighted by Gasteiger charge is 2.21. The Kier molecular flexibility index (Phi) is 5.38. The third-order valence-electron chi connectivity index (χ3n) is 2.81. The van der Waals surface area contributed by atoms with Gasteiger partial charge in [-0.05, 0) is 18.1 Å². The molecule has 0 fully saturated rings. The monoisotopic (exact) mass is 292 g/mol. The van der Waals surface area contributed by atoms with Crippen LogP contribution in [0.25, 0.3) is 0 Å². The SMILES string of the molecule is CCC(C)[C@H](N)C(=O)Nc1c(Cl)cc(F)cc1Cl. The van der Waals surface area contributed by atoms with Crippen LogP contribution in [0, 0.1) is 11.7 Å². The Hall–Kier alpha value is -0.840. The van der Waals surface area contributed by atoms with Gasteiger partial charge in [-0.2, -0.15) is 0 Å². The molecule has 1 rings (SSSR count). The summed E-state index contributed by atoms with van der Waals surface area (Å²) in [5.74, 6) is -0.919. The number of hydrogen-bond acceptors (Lipinski definition) is 2. The predicted molar refractivity (Wildman–Crippen MR) is 72.5 cm³/mol. The number of carbonyl (C=O) groups is 1. The van der Waals surface area contributed by atoms with Crippen molar-refractivity contribution in [1.29, 1.82) is 0 Å². The quantitative estimate of drug-likeness (QED) is 0.893. The first-order chi connectivity index (χ1) is 8.36. The Labute approximate surface area is 115 Å². The van der Waals surface area contributed by atoms with Crippen LogP contribution in [-0.2, 0) is 4.79 Å². The van der Waals surface area contributed by atoms with Crippen molar-refractivity contribution in [2.45, 2.75) is 26.3 Å². The van der Waals surface area contributed by atoms with Gasteiger partial charge in [0.05, 0.1) is 21.8 Å². The predicted octanol–water partition coefficient (Wildman–Crippen LogP) is 3.44. The van der Waals surface area contributed by atoms with Gasteiger partial charge in [-0.1, -0.05) is 43.5 Å². The number of nitrogens with one attached hydrogen (secondary N) is 1. The molecule has 2 atom stereocenters. The van der Waals surface area contributed by atoms with Gasteiger partial charge < -0.3 is 11.1 Å². The molecule has 0 bridgehead atoms. The van der Waals surface area contributed by atoms with E-state index in [2.05, 4.69) is 5.32 Å². The summed E-state index contributed by atoms with van der Waals surface area (Å²) < 4.78 is 13.0. The first-order valence-corrected chi connectivity index (χ1v) is 6.33. The van der Waals surface area contributed by atoms with Crippen molar-refractivity contribution in [3.63, 3.8) is 0 Å². The molecule has 0 aliphatic heterocycles. The number of anilines is 1. The topological polar surface area (TPSA) is 55.1 Å². The summed E-state index contributed by atoms with van der Waals surface area (Å²) in [7, 11) is 0. The lowest BCUT2D eigenvalue weighted by Crippen LogP contribution is -2.40. The standard InChI is InChI=1S/C12H15Cl2FN2O/c1-3-6(2)10(16)12(18)17-11-8(13)4-7(15)5-9(11)14/h4-6,10H,3,16H2,1-2H3,(H,17,18)/t6?,10-/m0/s1. The first-order valence-electron chi connectivity index (χ1n) is 5.57. The molecule has 6 heteroatoms. The van der Waals surface area contributed by atoms with E-state index in [1.165, 1.54) is 0 Å². The lowest BCUT2D eigenvalue weighted by Gasteiger charge is -2.18. The van der Waals surface area contributed by atoms with Gasteiger partial charge in [0.25, 0.3) is 0 Å². The number of nitrogens with two attached hydrogens (primary N) is 1. The third-order valence-corrected chi connectivity index (χ3v) is 3.41. The number of rotatable bonds is 4. The number of hydrogen-bond donors (Lipinski definition) is 2. The molecule has 0 radical (unpaired) electrons. The highest BCUT2D eigenvalue weighted by Crippen LogP contribution is 2.31. The molecule has 0 aromatic heterocycles. The van der Waals surface area contributed by atoms with E-state index in [4.69, 9.17) is 28.9 Å². The van der Waals surface area contributed by atoms with Crippen LogP contribution < -0.4 is 11.1 Å². The van der Waals surface area contributed by atoms with Crippen molar-refractivity contribution in [3.05, 3.63) is 28.0 Å². The zero-order valence-electron chi connectivity index (χ0n) is 10.1. The molecule has 1 aromatic rings. The molecule has 1 amide bonds. The molecule has 3 nitrogen and oxygen atoms in total. The minimum absolute atomic E-state index is 0.0306. The lowest BCUT2D eigenvalue weighted by molar-refractivity contribution is -0.118. The van der Waals surface area contributed by atoms with Gasteiger partial charge in [0.1, 0.15) is 5.82 Å². The Morgan fingerprint density at radius 2 is 1.94 bits per heavy atom. The van der Waals surface area contributed by atoms with E-state index in [-0.39, 0.29) is 27.6 Å². The van der Waals surface area contributed by atoms with Gasteiger partial charge in [0, 0.05) is 0 Å². The van der Waals surface area contributed by atoms with Crippen LogP contribution in [0.2, 0.25) is 10.0 Å². The molecule has 0 saturated heterocycles. The van der Waals surface area contributed by atoms with Crippen LogP contribution in [0.3, 0.4) is 0 Å². The number of carbonyl (C=O) groups excluding carboxylic acids is 1. The van der Waals surface area contributed by atoms with E-state index < -0.39 is 11.9 Å². The van der Waals surface area contributed by atoms with E-state index >= 15 is 0 Å². The average molecular weight is 293 g/mol.